The molecule has 0 spiro atoms. The van der Waals surface area contributed by atoms with Crippen molar-refractivity contribution in [2.75, 3.05) is 30.3 Å². The van der Waals surface area contributed by atoms with Gasteiger partial charge in [-0.15, -0.1) is 12.4 Å². The van der Waals surface area contributed by atoms with E-state index < -0.39 is 0 Å². The Hall–Kier alpha value is -1.21. The number of thioether (sulfide) groups is 1. The molecule has 0 N–H and O–H groups in total. The van der Waals surface area contributed by atoms with E-state index >= 15 is 0 Å². The number of nitrogens with zero attached hydrogens (tertiary/aromatic N) is 3. The van der Waals surface area contributed by atoms with Crippen LogP contribution in [0.5, 0.6) is 0 Å². The van der Waals surface area contributed by atoms with Crippen LogP contribution >= 0.6 is 35.9 Å². The molecule has 0 bridgehead atoms. The van der Waals surface area contributed by atoms with Crippen LogP contribution < -0.4 is 4.90 Å². The van der Waals surface area contributed by atoms with E-state index in [0.29, 0.717) is 0 Å². The first-order valence-electron chi connectivity index (χ1n) is 8.15. The first kappa shape index (κ1) is 20.1. The van der Waals surface area contributed by atoms with Gasteiger partial charge in [0.2, 0.25) is 0 Å². The quantitative estimate of drug-likeness (QED) is 0.686. The lowest BCUT2D eigenvalue weighted by Crippen LogP contribution is -2.29. The van der Waals surface area contributed by atoms with Gasteiger partial charge >= 0.3 is 0 Å². The van der Waals surface area contributed by atoms with Crippen LogP contribution in [0.15, 0.2) is 52.4 Å². The number of rotatable bonds is 5. The summed E-state index contributed by atoms with van der Waals surface area (Å²) >= 11 is 3.03. The molecule has 1 aliphatic rings. The molecule has 0 radical (unpaired) electrons. The maximum absolute atomic E-state index is 12.9. The van der Waals surface area contributed by atoms with Crippen LogP contribution in [0.1, 0.15) is 13.8 Å². The summed E-state index contributed by atoms with van der Waals surface area (Å²) in [7, 11) is 0. The van der Waals surface area contributed by atoms with Crippen molar-refractivity contribution in [1.82, 2.24) is 9.88 Å². The van der Waals surface area contributed by atoms with Crippen LogP contribution in [-0.2, 0) is 0 Å². The van der Waals surface area contributed by atoms with Gasteiger partial charge in [0.05, 0.1) is 10.6 Å². The molecule has 1 aromatic heterocycles. The molecule has 3 rings (SSSR count). The molecular weight excluding hydrogens is 374 g/mol. The molecule has 0 unspecified atom stereocenters. The van der Waals surface area contributed by atoms with Crippen molar-refractivity contribution in [3.8, 4) is 0 Å². The SMILES string of the molecule is CCN(CC)CCSC(=O)N1c2ccccc2Sc2cccnc21.Cl. The molecule has 1 amide bonds. The Morgan fingerprint density at radius 3 is 2.64 bits per heavy atom. The number of benzene rings is 1. The minimum atomic E-state index is 0. The molecule has 0 aliphatic carbocycles. The highest BCUT2D eigenvalue weighted by atomic mass is 35.5. The normalized spacial score (nSPS) is 12.4. The predicted octanol–water partition coefficient (Wildman–Crippen LogP) is 5.30. The summed E-state index contributed by atoms with van der Waals surface area (Å²) in [6.45, 7) is 7.24. The predicted molar refractivity (Wildman–Crippen MR) is 110 cm³/mol. The number of carbonyl (C=O) groups is 1. The van der Waals surface area contributed by atoms with Gasteiger partial charge in [-0.1, -0.05) is 49.5 Å². The third-order valence-electron chi connectivity index (χ3n) is 4.00. The summed E-state index contributed by atoms with van der Waals surface area (Å²) in [5, 5.41) is 0.0369. The third-order valence-corrected chi connectivity index (χ3v) is 5.92. The number of para-hydroxylation sites is 1. The molecule has 0 atom stereocenters. The minimum Gasteiger partial charge on any atom is -0.303 e. The van der Waals surface area contributed by atoms with Crippen LogP contribution in [-0.4, -0.2) is 40.5 Å². The zero-order valence-corrected chi connectivity index (χ0v) is 16.8. The van der Waals surface area contributed by atoms with Crippen LogP contribution in [0.25, 0.3) is 0 Å². The van der Waals surface area contributed by atoms with Crippen LogP contribution in [0, 0.1) is 0 Å². The number of aromatic nitrogens is 1. The van der Waals surface area contributed by atoms with Gasteiger partial charge in [0.15, 0.2) is 5.82 Å². The van der Waals surface area contributed by atoms with Gasteiger partial charge in [0.25, 0.3) is 5.24 Å². The zero-order valence-electron chi connectivity index (χ0n) is 14.3. The van der Waals surface area contributed by atoms with Crippen molar-refractivity contribution in [3.05, 3.63) is 42.6 Å². The molecule has 0 saturated carbocycles. The topological polar surface area (TPSA) is 36.4 Å². The Labute approximate surface area is 163 Å². The van der Waals surface area contributed by atoms with Crippen LogP contribution in [0.4, 0.5) is 16.3 Å². The lowest BCUT2D eigenvalue weighted by molar-refractivity contribution is 0.266. The second-order valence-electron chi connectivity index (χ2n) is 5.37. The Morgan fingerprint density at radius 1 is 1.16 bits per heavy atom. The number of pyridine rings is 1. The molecule has 2 heterocycles. The van der Waals surface area contributed by atoms with Crippen LogP contribution in [0.2, 0.25) is 0 Å². The van der Waals surface area contributed by atoms with Crippen molar-refractivity contribution in [2.45, 2.75) is 23.6 Å². The molecule has 4 nitrogen and oxygen atoms in total. The number of hydrogen-bond acceptors (Lipinski definition) is 5. The second kappa shape index (κ2) is 9.48. The molecular formula is C18H22ClN3OS2. The van der Waals surface area contributed by atoms with Crippen molar-refractivity contribution in [2.24, 2.45) is 0 Å². The lowest BCUT2D eigenvalue weighted by atomic mass is 10.3. The standard InChI is InChI=1S/C18H21N3OS2.ClH/c1-3-20(4-2)12-13-23-18(22)21-14-8-5-6-9-15(14)24-16-10-7-11-19-17(16)21;/h5-11H,3-4,12-13H2,1-2H3;1H. The molecule has 1 aromatic carbocycles. The second-order valence-corrected chi connectivity index (χ2v) is 7.50. The number of fused-ring (bicyclic) bond motifs is 2. The Balaban J connectivity index is 0.00000225. The van der Waals surface area contributed by atoms with E-state index in [1.807, 2.05) is 30.3 Å². The first-order valence-corrected chi connectivity index (χ1v) is 9.96. The van der Waals surface area contributed by atoms with E-state index in [1.54, 1.807) is 22.9 Å². The fourth-order valence-corrected chi connectivity index (χ4v) is 4.51. The molecule has 134 valence electrons. The molecule has 0 saturated heterocycles. The average molecular weight is 396 g/mol. The van der Waals surface area contributed by atoms with Gasteiger partial charge in [0, 0.05) is 23.4 Å². The number of halogens is 1. The number of hydrogen-bond donors (Lipinski definition) is 0. The summed E-state index contributed by atoms with van der Waals surface area (Å²) in [6, 6.07) is 11.9. The highest BCUT2D eigenvalue weighted by Crippen LogP contribution is 2.47. The summed E-state index contributed by atoms with van der Waals surface area (Å²) in [4.78, 5) is 23.6. The van der Waals surface area contributed by atoms with Crippen molar-refractivity contribution >= 4 is 52.7 Å². The van der Waals surface area contributed by atoms with Gasteiger partial charge in [-0.2, -0.15) is 0 Å². The van der Waals surface area contributed by atoms with Gasteiger partial charge in [-0.3, -0.25) is 9.69 Å². The Bertz CT molecular complexity index is 679. The zero-order chi connectivity index (χ0) is 16.9. The monoisotopic (exact) mass is 395 g/mol. The number of anilines is 2. The molecule has 1 aliphatic heterocycles. The summed E-state index contributed by atoms with van der Waals surface area (Å²) in [6.07, 6.45) is 1.74. The maximum Gasteiger partial charge on any atom is 0.291 e. The van der Waals surface area contributed by atoms with E-state index in [0.717, 1.165) is 46.7 Å². The highest BCUT2D eigenvalue weighted by molar-refractivity contribution is 8.14. The molecule has 25 heavy (non-hydrogen) atoms. The van der Waals surface area contributed by atoms with Crippen molar-refractivity contribution in [1.29, 1.82) is 0 Å². The third kappa shape index (κ3) is 4.50. The first-order chi connectivity index (χ1) is 11.7. The minimum absolute atomic E-state index is 0. The fourth-order valence-electron chi connectivity index (χ4n) is 2.64. The summed E-state index contributed by atoms with van der Waals surface area (Å²) in [5.74, 6) is 1.52. The van der Waals surface area contributed by atoms with Crippen LogP contribution in [0.3, 0.4) is 0 Å². The molecule has 2 aromatic rings. The van der Waals surface area contributed by atoms with Crippen molar-refractivity contribution < 1.29 is 4.79 Å². The van der Waals surface area contributed by atoms with Crippen molar-refractivity contribution in [3.63, 3.8) is 0 Å². The smallest absolute Gasteiger partial charge is 0.291 e. The van der Waals surface area contributed by atoms with E-state index in [2.05, 4.69) is 29.8 Å². The van der Waals surface area contributed by atoms with Gasteiger partial charge in [0.1, 0.15) is 0 Å². The number of amides is 1. The largest absolute Gasteiger partial charge is 0.303 e. The highest BCUT2D eigenvalue weighted by Gasteiger charge is 2.29. The van der Waals surface area contributed by atoms with E-state index in [9.17, 15) is 4.79 Å². The van der Waals surface area contributed by atoms with E-state index in [-0.39, 0.29) is 17.6 Å². The molecule has 0 fully saturated rings. The maximum atomic E-state index is 12.9. The lowest BCUT2D eigenvalue weighted by Gasteiger charge is -2.29. The Morgan fingerprint density at radius 2 is 1.88 bits per heavy atom. The van der Waals surface area contributed by atoms with Gasteiger partial charge < -0.3 is 4.90 Å². The fraction of sp³-hybridized carbons (Fsp3) is 0.333. The van der Waals surface area contributed by atoms with Gasteiger partial charge in [-0.05, 0) is 37.4 Å². The van der Waals surface area contributed by atoms with Gasteiger partial charge in [-0.25, -0.2) is 4.98 Å². The number of carbonyl (C=O) groups excluding carboxylic acids is 1. The molecule has 7 heteroatoms. The summed E-state index contributed by atoms with van der Waals surface area (Å²) in [5.41, 5.74) is 0.925. The van der Waals surface area contributed by atoms with E-state index in [4.69, 9.17) is 0 Å². The average Bonchev–Trinajstić information content (AvgIpc) is 2.63. The summed E-state index contributed by atoms with van der Waals surface area (Å²) < 4.78 is 0. The Kier molecular flexibility index (Phi) is 7.62. The van der Waals surface area contributed by atoms with E-state index in [1.165, 1.54) is 11.8 Å².